The lowest BCUT2D eigenvalue weighted by Crippen LogP contribution is -2.27. The van der Waals surface area contributed by atoms with E-state index in [-0.39, 0.29) is 6.04 Å². The van der Waals surface area contributed by atoms with Crippen molar-refractivity contribution in [3.63, 3.8) is 0 Å². The predicted octanol–water partition coefficient (Wildman–Crippen LogP) is 3.51. The van der Waals surface area contributed by atoms with Crippen molar-refractivity contribution in [1.82, 2.24) is 15.1 Å². The summed E-state index contributed by atoms with van der Waals surface area (Å²) in [5, 5.41) is 18.5. The molecule has 0 spiro atoms. The number of aromatic nitrogens is 2. The van der Waals surface area contributed by atoms with E-state index in [4.69, 9.17) is 0 Å². The van der Waals surface area contributed by atoms with Gasteiger partial charge in [-0.15, -0.1) is 0 Å². The first-order chi connectivity index (χ1) is 11.0. The molecule has 2 rings (SSSR count). The summed E-state index contributed by atoms with van der Waals surface area (Å²) in [6.45, 7) is 10.3. The minimum Gasteiger partial charge on any atom is -0.388 e. The molecule has 2 aromatic rings. The summed E-state index contributed by atoms with van der Waals surface area (Å²) in [6.07, 6.45) is 1.36. The second-order valence-electron chi connectivity index (χ2n) is 6.32. The zero-order valence-electron chi connectivity index (χ0n) is 14.7. The van der Waals surface area contributed by atoms with Crippen LogP contribution < -0.4 is 5.32 Å². The Hall–Kier alpha value is -1.65. The van der Waals surface area contributed by atoms with Gasteiger partial charge < -0.3 is 10.4 Å². The van der Waals surface area contributed by atoms with E-state index in [2.05, 4.69) is 42.8 Å². The fourth-order valence-electron chi connectivity index (χ4n) is 2.93. The molecular formula is C19H29N3O. The topological polar surface area (TPSA) is 50.1 Å². The largest absolute Gasteiger partial charge is 0.388 e. The number of nitrogens with one attached hydrogen (secondary N) is 1. The van der Waals surface area contributed by atoms with Crippen molar-refractivity contribution >= 4 is 0 Å². The van der Waals surface area contributed by atoms with E-state index in [0.717, 1.165) is 30.8 Å². The van der Waals surface area contributed by atoms with Gasteiger partial charge in [0.05, 0.1) is 11.8 Å². The Morgan fingerprint density at radius 3 is 2.57 bits per heavy atom. The van der Waals surface area contributed by atoms with E-state index < -0.39 is 6.10 Å². The summed E-state index contributed by atoms with van der Waals surface area (Å²) in [4.78, 5) is 0. The minimum atomic E-state index is -0.427. The molecule has 0 aliphatic heterocycles. The van der Waals surface area contributed by atoms with Crippen molar-refractivity contribution in [2.24, 2.45) is 0 Å². The van der Waals surface area contributed by atoms with Crippen LogP contribution in [0.3, 0.4) is 0 Å². The summed E-state index contributed by atoms with van der Waals surface area (Å²) in [7, 11) is 0. The van der Waals surface area contributed by atoms with Crippen LogP contribution in [0, 0.1) is 13.8 Å². The monoisotopic (exact) mass is 315 g/mol. The maximum atomic E-state index is 10.3. The van der Waals surface area contributed by atoms with Gasteiger partial charge in [0, 0.05) is 30.4 Å². The molecule has 0 radical (unpaired) electrons. The zero-order valence-corrected chi connectivity index (χ0v) is 14.7. The van der Waals surface area contributed by atoms with Crippen LogP contribution in [0.25, 0.3) is 0 Å². The number of hydrogen-bond donors (Lipinski definition) is 2. The van der Waals surface area contributed by atoms with E-state index in [1.54, 1.807) is 0 Å². The van der Waals surface area contributed by atoms with Crippen LogP contribution >= 0.6 is 0 Å². The second kappa shape index (κ2) is 8.27. The average Bonchev–Trinajstić information content (AvgIpc) is 2.80. The molecule has 23 heavy (non-hydrogen) atoms. The lowest BCUT2D eigenvalue weighted by molar-refractivity contribution is 0.154. The van der Waals surface area contributed by atoms with Crippen molar-refractivity contribution in [3.8, 4) is 0 Å². The Labute approximate surface area is 139 Å². The normalized spacial score (nSPS) is 14.0. The molecule has 0 aliphatic rings. The maximum Gasteiger partial charge on any atom is 0.0804 e. The molecule has 1 heterocycles. The zero-order chi connectivity index (χ0) is 16.8. The molecule has 4 nitrogen and oxygen atoms in total. The second-order valence-corrected chi connectivity index (χ2v) is 6.32. The van der Waals surface area contributed by atoms with Crippen molar-refractivity contribution < 1.29 is 5.11 Å². The first-order valence-electron chi connectivity index (χ1n) is 8.52. The first-order valence-corrected chi connectivity index (χ1v) is 8.52. The number of aliphatic hydroxyl groups excluding tert-OH is 1. The molecule has 0 saturated carbocycles. The van der Waals surface area contributed by atoms with E-state index in [9.17, 15) is 5.11 Å². The van der Waals surface area contributed by atoms with Crippen LogP contribution in [0.15, 0.2) is 30.3 Å². The standard InChI is InChI=1S/C19H29N3O/c1-5-11-22-16(4)18(15(3)21-22)13-20-14(2)12-19(23)17-9-7-6-8-10-17/h6-10,14,19-20,23H,5,11-13H2,1-4H3. The van der Waals surface area contributed by atoms with Crippen LogP contribution in [0.1, 0.15) is 55.3 Å². The highest BCUT2D eigenvalue weighted by Gasteiger charge is 2.15. The number of aryl methyl sites for hydroxylation is 2. The molecule has 2 atom stereocenters. The minimum absolute atomic E-state index is 0.235. The number of hydrogen-bond acceptors (Lipinski definition) is 3. The molecule has 4 heteroatoms. The summed E-state index contributed by atoms with van der Waals surface area (Å²) in [6, 6.07) is 10.1. The Bertz CT molecular complexity index is 607. The Kier molecular flexibility index (Phi) is 6.37. The highest BCUT2D eigenvalue weighted by molar-refractivity contribution is 5.24. The van der Waals surface area contributed by atoms with Gasteiger partial charge in [-0.2, -0.15) is 5.10 Å². The maximum absolute atomic E-state index is 10.3. The molecule has 0 aliphatic carbocycles. The molecule has 0 fully saturated rings. The van der Waals surface area contributed by atoms with Crippen molar-refractivity contribution in [3.05, 3.63) is 52.8 Å². The Balaban J connectivity index is 1.91. The van der Waals surface area contributed by atoms with Gasteiger partial charge in [-0.3, -0.25) is 4.68 Å². The molecule has 0 bridgehead atoms. The van der Waals surface area contributed by atoms with Crippen LogP contribution in [0.2, 0.25) is 0 Å². The summed E-state index contributed by atoms with van der Waals surface area (Å²) in [5.74, 6) is 0. The predicted molar refractivity (Wildman–Crippen MR) is 94.3 cm³/mol. The average molecular weight is 315 g/mol. The van der Waals surface area contributed by atoms with E-state index in [1.807, 2.05) is 30.3 Å². The first kappa shape index (κ1) is 17.7. The molecule has 1 aromatic carbocycles. The van der Waals surface area contributed by atoms with E-state index in [1.165, 1.54) is 11.3 Å². The molecule has 2 unspecified atom stereocenters. The third-order valence-corrected chi connectivity index (χ3v) is 4.36. The van der Waals surface area contributed by atoms with Crippen LogP contribution in [-0.4, -0.2) is 20.9 Å². The molecule has 1 aromatic heterocycles. The van der Waals surface area contributed by atoms with Gasteiger partial charge in [-0.05, 0) is 39.2 Å². The van der Waals surface area contributed by atoms with Gasteiger partial charge in [0.1, 0.15) is 0 Å². The van der Waals surface area contributed by atoms with Gasteiger partial charge >= 0.3 is 0 Å². The van der Waals surface area contributed by atoms with Gasteiger partial charge in [-0.25, -0.2) is 0 Å². The Morgan fingerprint density at radius 2 is 1.91 bits per heavy atom. The number of benzene rings is 1. The highest BCUT2D eigenvalue weighted by Crippen LogP contribution is 2.19. The number of rotatable bonds is 8. The fraction of sp³-hybridized carbons (Fsp3) is 0.526. The summed E-state index contributed by atoms with van der Waals surface area (Å²) in [5.41, 5.74) is 4.59. The van der Waals surface area contributed by atoms with Crippen LogP contribution in [0.5, 0.6) is 0 Å². The third-order valence-electron chi connectivity index (χ3n) is 4.36. The number of nitrogens with zero attached hydrogens (tertiary/aromatic N) is 2. The van der Waals surface area contributed by atoms with Gasteiger partial charge in [0.25, 0.3) is 0 Å². The highest BCUT2D eigenvalue weighted by atomic mass is 16.3. The quantitative estimate of drug-likeness (QED) is 0.784. The van der Waals surface area contributed by atoms with Gasteiger partial charge in [-0.1, -0.05) is 37.3 Å². The smallest absolute Gasteiger partial charge is 0.0804 e. The van der Waals surface area contributed by atoms with Gasteiger partial charge in [0.15, 0.2) is 0 Å². The molecule has 126 valence electrons. The van der Waals surface area contributed by atoms with Gasteiger partial charge in [0.2, 0.25) is 0 Å². The van der Waals surface area contributed by atoms with Crippen molar-refractivity contribution in [1.29, 1.82) is 0 Å². The van der Waals surface area contributed by atoms with Crippen molar-refractivity contribution in [2.45, 2.75) is 65.8 Å². The van der Waals surface area contributed by atoms with Crippen molar-refractivity contribution in [2.75, 3.05) is 0 Å². The van der Waals surface area contributed by atoms with Crippen LogP contribution in [0.4, 0.5) is 0 Å². The SMILES string of the molecule is CCCn1nc(C)c(CNC(C)CC(O)c2ccccc2)c1C. The van der Waals surface area contributed by atoms with E-state index >= 15 is 0 Å². The molecular weight excluding hydrogens is 286 g/mol. The van der Waals surface area contributed by atoms with Crippen LogP contribution in [-0.2, 0) is 13.1 Å². The Morgan fingerprint density at radius 1 is 1.22 bits per heavy atom. The molecule has 0 amide bonds. The lowest BCUT2D eigenvalue weighted by Gasteiger charge is -2.18. The third kappa shape index (κ3) is 4.66. The number of aliphatic hydroxyl groups is 1. The lowest BCUT2D eigenvalue weighted by atomic mass is 10.0. The fourth-order valence-corrected chi connectivity index (χ4v) is 2.93. The summed E-state index contributed by atoms with van der Waals surface area (Å²) >= 11 is 0. The summed E-state index contributed by atoms with van der Waals surface area (Å²) < 4.78 is 2.09. The molecule has 2 N–H and O–H groups in total. The van der Waals surface area contributed by atoms with E-state index in [0.29, 0.717) is 6.42 Å². The molecule has 0 saturated heterocycles.